The molecule has 0 N–H and O–H groups in total. The van der Waals surface area contributed by atoms with Gasteiger partial charge in [0.2, 0.25) is 0 Å². The number of carbonyl (C=O) groups is 1. The lowest BCUT2D eigenvalue weighted by Crippen LogP contribution is -2.01. The molecule has 2 aromatic carbocycles. The molecular formula is C16H11F3O. The van der Waals surface area contributed by atoms with Gasteiger partial charge in [-0.1, -0.05) is 60.7 Å². The molecule has 0 aliphatic carbocycles. The standard InChI is InChI=1S/C16H11F3O/c17-16(18,19)11-10-12-6-8-14(9-7-12)15(20)13-4-2-1-3-5-13/h1-11H/b11-10+. The maximum absolute atomic E-state index is 12.1. The molecule has 20 heavy (non-hydrogen) atoms. The summed E-state index contributed by atoms with van der Waals surface area (Å²) in [5.74, 6) is -0.156. The Kier molecular flexibility index (Phi) is 4.03. The first-order valence-electron chi connectivity index (χ1n) is 5.91. The minimum absolute atomic E-state index is 0.156. The molecule has 0 aromatic heterocycles. The maximum atomic E-state index is 12.1. The van der Waals surface area contributed by atoms with Gasteiger partial charge in [-0.05, 0) is 5.56 Å². The molecule has 0 amide bonds. The average molecular weight is 276 g/mol. The fraction of sp³-hybridized carbons (Fsp3) is 0.0625. The number of hydrogen-bond acceptors (Lipinski definition) is 1. The third-order valence-corrected chi connectivity index (χ3v) is 2.67. The summed E-state index contributed by atoms with van der Waals surface area (Å²) in [5, 5.41) is 0. The van der Waals surface area contributed by atoms with Crippen molar-refractivity contribution in [3.63, 3.8) is 0 Å². The van der Waals surface area contributed by atoms with E-state index in [1.807, 2.05) is 6.07 Å². The van der Waals surface area contributed by atoms with E-state index in [4.69, 9.17) is 0 Å². The monoisotopic (exact) mass is 276 g/mol. The van der Waals surface area contributed by atoms with Gasteiger partial charge in [0.1, 0.15) is 0 Å². The van der Waals surface area contributed by atoms with Gasteiger partial charge in [-0.2, -0.15) is 13.2 Å². The van der Waals surface area contributed by atoms with Gasteiger partial charge in [-0.15, -0.1) is 0 Å². The van der Waals surface area contributed by atoms with Crippen molar-refractivity contribution in [2.45, 2.75) is 6.18 Å². The van der Waals surface area contributed by atoms with Crippen LogP contribution in [0.3, 0.4) is 0 Å². The van der Waals surface area contributed by atoms with Crippen LogP contribution >= 0.6 is 0 Å². The van der Waals surface area contributed by atoms with Crippen LogP contribution in [0, 0.1) is 0 Å². The van der Waals surface area contributed by atoms with E-state index in [1.165, 1.54) is 24.3 Å². The molecule has 2 aromatic rings. The van der Waals surface area contributed by atoms with Crippen LogP contribution in [0.25, 0.3) is 6.08 Å². The minimum atomic E-state index is -4.33. The van der Waals surface area contributed by atoms with Crippen LogP contribution in [-0.4, -0.2) is 12.0 Å². The molecule has 0 spiro atoms. The lowest BCUT2D eigenvalue weighted by molar-refractivity contribution is -0.0790. The van der Waals surface area contributed by atoms with Crippen molar-refractivity contribution in [2.75, 3.05) is 0 Å². The van der Waals surface area contributed by atoms with E-state index in [1.54, 1.807) is 24.3 Å². The summed E-state index contributed by atoms with van der Waals surface area (Å²) in [5.41, 5.74) is 1.39. The van der Waals surface area contributed by atoms with Gasteiger partial charge in [0.25, 0.3) is 0 Å². The Morgan fingerprint density at radius 2 is 1.40 bits per heavy atom. The fourth-order valence-corrected chi connectivity index (χ4v) is 1.69. The Morgan fingerprint density at radius 3 is 1.95 bits per heavy atom. The zero-order valence-corrected chi connectivity index (χ0v) is 10.4. The van der Waals surface area contributed by atoms with Crippen LogP contribution < -0.4 is 0 Å². The molecule has 0 unspecified atom stereocenters. The van der Waals surface area contributed by atoms with Crippen LogP contribution in [-0.2, 0) is 0 Å². The highest BCUT2D eigenvalue weighted by atomic mass is 19.4. The van der Waals surface area contributed by atoms with Gasteiger partial charge < -0.3 is 0 Å². The molecule has 0 aliphatic rings. The first-order chi connectivity index (χ1) is 9.46. The Bertz CT molecular complexity index is 610. The molecule has 1 nitrogen and oxygen atoms in total. The number of benzene rings is 2. The number of halogens is 3. The Labute approximate surface area is 114 Å². The highest BCUT2D eigenvalue weighted by molar-refractivity contribution is 6.09. The summed E-state index contributed by atoms with van der Waals surface area (Å²) in [4.78, 5) is 12.1. The van der Waals surface area contributed by atoms with E-state index < -0.39 is 6.18 Å². The Morgan fingerprint density at radius 1 is 0.850 bits per heavy atom. The summed E-state index contributed by atoms with van der Waals surface area (Å²) >= 11 is 0. The zero-order valence-electron chi connectivity index (χ0n) is 10.4. The van der Waals surface area contributed by atoms with E-state index in [2.05, 4.69) is 0 Å². The van der Waals surface area contributed by atoms with E-state index in [9.17, 15) is 18.0 Å². The quantitative estimate of drug-likeness (QED) is 0.755. The van der Waals surface area contributed by atoms with Crippen LogP contribution in [0.4, 0.5) is 13.2 Å². The highest BCUT2D eigenvalue weighted by Crippen LogP contribution is 2.18. The summed E-state index contributed by atoms with van der Waals surface area (Å²) in [6.07, 6.45) is -3.20. The number of carbonyl (C=O) groups excluding carboxylic acids is 1. The van der Waals surface area contributed by atoms with Gasteiger partial charge in [0.15, 0.2) is 5.78 Å². The SMILES string of the molecule is O=C(c1ccccc1)c1ccc(/C=C/C(F)(F)F)cc1. The lowest BCUT2D eigenvalue weighted by atomic mass is 10.0. The molecule has 4 heteroatoms. The number of rotatable bonds is 3. The molecule has 0 radical (unpaired) electrons. The molecule has 0 fully saturated rings. The van der Waals surface area contributed by atoms with E-state index in [0.29, 0.717) is 16.7 Å². The predicted molar refractivity (Wildman–Crippen MR) is 71.4 cm³/mol. The molecule has 0 aliphatic heterocycles. The normalized spacial score (nSPS) is 11.8. The molecular weight excluding hydrogens is 265 g/mol. The van der Waals surface area contributed by atoms with E-state index >= 15 is 0 Å². The number of alkyl halides is 3. The molecule has 0 bridgehead atoms. The summed E-state index contributed by atoms with van der Waals surface area (Å²) in [6, 6.07) is 14.7. The van der Waals surface area contributed by atoms with Gasteiger partial charge >= 0.3 is 6.18 Å². The smallest absolute Gasteiger partial charge is 0.289 e. The first kappa shape index (κ1) is 14.1. The highest BCUT2D eigenvalue weighted by Gasteiger charge is 2.21. The average Bonchev–Trinajstić information content (AvgIpc) is 2.45. The number of ketones is 1. The van der Waals surface area contributed by atoms with E-state index in [0.717, 1.165) is 6.08 Å². The lowest BCUT2D eigenvalue weighted by Gasteiger charge is -2.02. The second-order valence-electron chi connectivity index (χ2n) is 4.19. The van der Waals surface area contributed by atoms with Crippen molar-refractivity contribution >= 4 is 11.9 Å². The summed E-state index contributed by atoms with van der Waals surface area (Å²) in [7, 11) is 0. The third kappa shape index (κ3) is 3.82. The molecule has 2 rings (SSSR count). The summed E-state index contributed by atoms with van der Waals surface area (Å²) in [6.45, 7) is 0. The number of allylic oxidation sites excluding steroid dienone is 1. The van der Waals surface area contributed by atoms with Crippen molar-refractivity contribution in [3.05, 3.63) is 77.4 Å². The first-order valence-corrected chi connectivity index (χ1v) is 5.91. The molecule has 0 saturated heterocycles. The van der Waals surface area contributed by atoms with Crippen LogP contribution in [0.15, 0.2) is 60.7 Å². The third-order valence-electron chi connectivity index (χ3n) is 2.67. The van der Waals surface area contributed by atoms with Crippen molar-refractivity contribution < 1.29 is 18.0 Å². The van der Waals surface area contributed by atoms with Gasteiger partial charge in [-0.3, -0.25) is 4.79 Å². The molecule has 0 saturated carbocycles. The van der Waals surface area contributed by atoms with Crippen molar-refractivity contribution in [2.24, 2.45) is 0 Å². The van der Waals surface area contributed by atoms with Crippen LogP contribution in [0.5, 0.6) is 0 Å². The largest absolute Gasteiger partial charge is 0.409 e. The molecule has 0 atom stereocenters. The Hall–Kier alpha value is -2.36. The van der Waals surface area contributed by atoms with Crippen LogP contribution in [0.2, 0.25) is 0 Å². The van der Waals surface area contributed by atoms with Crippen molar-refractivity contribution in [1.29, 1.82) is 0 Å². The Balaban J connectivity index is 2.17. The van der Waals surface area contributed by atoms with E-state index in [-0.39, 0.29) is 11.9 Å². The van der Waals surface area contributed by atoms with Gasteiger partial charge in [0.05, 0.1) is 0 Å². The van der Waals surface area contributed by atoms with Crippen molar-refractivity contribution in [3.8, 4) is 0 Å². The second kappa shape index (κ2) is 5.74. The minimum Gasteiger partial charge on any atom is -0.289 e. The van der Waals surface area contributed by atoms with Crippen LogP contribution in [0.1, 0.15) is 21.5 Å². The maximum Gasteiger partial charge on any atom is 0.409 e. The topological polar surface area (TPSA) is 17.1 Å². The molecule has 0 heterocycles. The number of hydrogen-bond donors (Lipinski definition) is 0. The predicted octanol–water partition coefficient (Wildman–Crippen LogP) is 4.49. The zero-order chi connectivity index (χ0) is 14.6. The van der Waals surface area contributed by atoms with Gasteiger partial charge in [0, 0.05) is 17.2 Å². The fourth-order valence-electron chi connectivity index (χ4n) is 1.69. The molecule has 102 valence electrons. The van der Waals surface area contributed by atoms with Crippen molar-refractivity contribution in [1.82, 2.24) is 0 Å². The second-order valence-corrected chi connectivity index (χ2v) is 4.19. The summed E-state index contributed by atoms with van der Waals surface area (Å²) < 4.78 is 36.1. The van der Waals surface area contributed by atoms with Gasteiger partial charge in [-0.25, -0.2) is 0 Å².